The molecule has 0 aliphatic rings. The fraction of sp³-hybridized carbons (Fsp3) is 0.667. The normalized spacial score (nSPS) is 14.6. The van der Waals surface area contributed by atoms with Crippen LogP contribution in [0.1, 0.15) is 367 Å². The summed E-state index contributed by atoms with van der Waals surface area (Å²) in [6.07, 6.45) is 118. The Morgan fingerprint density at radius 1 is 0.248 bits per heavy atom. The highest BCUT2D eigenvalue weighted by Crippen LogP contribution is 2.45. The molecule has 0 amide bonds. The Labute approximate surface area is 713 Å². The van der Waals surface area contributed by atoms with E-state index in [1.165, 1.54) is 148 Å². The summed E-state index contributed by atoms with van der Waals surface area (Å²) in [5, 5.41) is 20.7. The van der Waals surface area contributed by atoms with Crippen molar-refractivity contribution >= 4 is 33.6 Å². The average molecular weight is 1670 g/mol. The lowest BCUT2D eigenvalue weighted by molar-refractivity contribution is -0.161. The zero-order valence-electron chi connectivity index (χ0n) is 73.6. The van der Waals surface area contributed by atoms with Gasteiger partial charge in [0.05, 0.1) is 26.4 Å². The van der Waals surface area contributed by atoms with Crippen LogP contribution in [0.2, 0.25) is 0 Å². The van der Waals surface area contributed by atoms with Crippen molar-refractivity contribution < 1.29 is 75.8 Å². The molecule has 0 aromatic carbocycles. The second-order valence-electron chi connectivity index (χ2n) is 30.3. The first kappa shape index (κ1) is 112. The van der Waals surface area contributed by atoms with Crippen molar-refractivity contribution in [2.75, 3.05) is 39.6 Å². The Bertz CT molecular complexity index is 2860. The van der Waals surface area contributed by atoms with E-state index >= 15 is 0 Å². The highest BCUT2D eigenvalue weighted by atomic mass is 31.2. The van der Waals surface area contributed by atoms with Crippen LogP contribution >= 0.6 is 15.6 Å². The van der Waals surface area contributed by atoms with Gasteiger partial charge in [0.15, 0.2) is 6.10 Å². The minimum Gasteiger partial charge on any atom is -0.463 e. The van der Waals surface area contributed by atoms with Crippen molar-refractivity contribution in [3.8, 4) is 0 Å². The van der Waals surface area contributed by atoms with E-state index in [1.807, 2.05) is 0 Å². The summed E-state index contributed by atoms with van der Waals surface area (Å²) in [5.41, 5.74) is 0. The second-order valence-corrected chi connectivity index (χ2v) is 33.2. The van der Waals surface area contributed by atoms with Crippen LogP contribution in [-0.2, 0) is 55.8 Å². The number of phosphoric ester groups is 2. The van der Waals surface area contributed by atoms with E-state index in [-0.39, 0.29) is 19.3 Å². The quantitative estimate of drug-likeness (QED) is 0.0146. The largest absolute Gasteiger partial charge is 0.472 e. The van der Waals surface area contributed by atoms with Gasteiger partial charge in [-0.15, -0.1) is 0 Å². The molecule has 0 aliphatic heterocycles. The van der Waals surface area contributed by atoms with Crippen LogP contribution < -0.4 is 0 Å². The number of carbonyl (C=O) groups excluding carboxylic acids is 3. The van der Waals surface area contributed by atoms with E-state index in [0.29, 0.717) is 19.3 Å². The van der Waals surface area contributed by atoms with Gasteiger partial charge in [0.2, 0.25) is 0 Å². The lowest BCUT2D eigenvalue weighted by Crippen LogP contribution is -2.30. The van der Waals surface area contributed by atoms with E-state index in [4.69, 9.17) is 32.3 Å². The van der Waals surface area contributed by atoms with Gasteiger partial charge in [0, 0.05) is 19.3 Å². The molecule has 117 heavy (non-hydrogen) atoms. The van der Waals surface area contributed by atoms with Gasteiger partial charge < -0.3 is 34.2 Å². The third-order valence-corrected chi connectivity index (χ3v) is 21.0. The van der Waals surface area contributed by atoms with Crippen LogP contribution in [0.15, 0.2) is 182 Å². The van der Waals surface area contributed by atoms with Crippen molar-refractivity contribution in [2.24, 2.45) is 0 Å². The van der Waals surface area contributed by atoms with Crippen molar-refractivity contribution in [3.63, 3.8) is 0 Å². The molecule has 5 atom stereocenters. The van der Waals surface area contributed by atoms with Gasteiger partial charge in [-0.05, 0) is 161 Å². The molecule has 16 nitrogen and oxygen atoms in total. The summed E-state index contributed by atoms with van der Waals surface area (Å²) < 4.78 is 61.4. The Morgan fingerprint density at radius 3 is 0.726 bits per heavy atom. The predicted octanol–water partition coefficient (Wildman–Crippen LogP) is 28.4. The van der Waals surface area contributed by atoms with E-state index in [9.17, 15) is 43.5 Å². The number of aliphatic hydroxyl groups is 2. The maximum Gasteiger partial charge on any atom is 0.472 e. The molecule has 0 aliphatic carbocycles. The minimum atomic E-state index is -4.95. The fourth-order valence-electron chi connectivity index (χ4n) is 12.2. The lowest BCUT2D eigenvalue weighted by Gasteiger charge is -2.21. The van der Waals surface area contributed by atoms with Crippen LogP contribution in [0.4, 0.5) is 0 Å². The number of carbonyl (C=O) groups is 3. The molecule has 0 heterocycles. The average Bonchev–Trinajstić information content (AvgIpc) is 0.891. The molecule has 668 valence electrons. The molecular formula is C99H166O16P2. The number of ether oxygens (including phenoxy) is 3. The fourth-order valence-corrected chi connectivity index (χ4v) is 13.8. The van der Waals surface area contributed by atoms with E-state index < -0.39 is 91.5 Å². The molecule has 0 fully saturated rings. The van der Waals surface area contributed by atoms with E-state index in [2.05, 4.69) is 203 Å². The summed E-state index contributed by atoms with van der Waals surface area (Å²) in [4.78, 5) is 59.0. The molecule has 0 aromatic rings. The van der Waals surface area contributed by atoms with Gasteiger partial charge in [-0.3, -0.25) is 32.5 Å². The molecule has 0 radical (unpaired) electrons. The Kier molecular flexibility index (Phi) is 85.8. The smallest absolute Gasteiger partial charge is 0.463 e. The molecule has 0 rings (SSSR count). The van der Waals surface area contributed by atoms with Gasteiger partial charge >= 0.3 is 33.6 Å². The molecule has 0 spiro atoms. The molecule has 0 bridgehead atoms. The number of aliphatic hydroxyl groups excluding tert-OH is 2. The third kappa shape index (κ3) is 91.2. The zero-order valence-corrected chi connectivity index (χ0v) is 75.4. The predicted molar refractivity (Wildman–Crippen MR) is 491 cm³/mol. The number of esters is 3. The first-order valence-corrected chi connectivity index (χ1v) is 49.1. The Balaban J connectivity index is 4.59. The highest BCUT2D eigenvalue weighted by molar-refractivity contribution is 7.47. The van der Waals surface area contributed by atoms with Crippen molar-refractivity contribution in [3.05, 3.63) is 182 Å². The minimum absolute atomic E-state index is 0.0612. The van der Waals surface area contributed by atoms with Crippen LogP contribution in [0, 0.1) is 0 Å². The number of allylic oxidation sites excluding steroid dienone is 30. The van der Waals surface area contributed by atoms with Crippen LogP contribution in [0.25, 0.3) is 0 Å². The Hall–Kier alpha value is -5.35. The van der Waals surface area contributed by atoms with Crippen LogP contribution in [0.5, 0.6) is 0 Å². The summed E-state index contributed by atoms with van der Waals surface area (Å²) in [7, 11) is -9.83. The van der Waals surface area contributed by atoms with E-state index in [0.717, 1.165) is 161 Å². The molecule has 0 saturated carbocycles. The molecule has 4 N–H and O–H groups in total. The first-order valence-electron chi connectivity index (χ1n) is 46.1. The van der Waals surface area contributed by atoms with E-state index in [1.54, 1.807) is 0 Å². The van der Waals surface area contributed by atoms with Crippen LogP contribution in [-0.4, -0.2) is 95.9 Å². The molecule has 0 aromatic heterocycles. The number of unbranched alkanes of at least 4 members (excludes halogenated alkanes) is 33. The van der Waals surface area contributed by atoms with Gasteiger partial charge in [0.1, 0.15) is 25.4 Å². The second kappa shape index (κ2) is 89.9. The number of hydrogen-bond acceptors (Lipinski definition) is 14. The highest BCUT2D eigenvalue weighted by Gasteiger charge is 2.29. The number of phosphoric acid groups is 2. The SMILES string of the molecule is CC/C=C\C/C=C\C/C=C\C/C=C\C/C=C\C/C=C\CCCCCCCCCCCCCCC(=O)OCC(O)COP(=O)(O)OCC(O)COP(=O)(O)OCC(COC(=O)CCCCCCCCCCCCCCCCC/C=C\C/C=C\C/C=C\C/C=C\CCCCC)OC(=O)CCCCC/C=C\C/C=C\C/C=C\C/C=C\C/C=C\CC. The zero-order chi connectivity index (χ0) is 85.1. The van der Waals surface area contributed by atoms with Crippen LogP contribution in [0.3, 0.4) is 0 Å². The summed E-state index contributed by atoms with van der Waals surface area (Å²) in [5.74, 6) is -1.61. The number of rotatable bonds is 86. The first-order chi connectivity index (χ1) is 57.2. The third-order valence-electron chi connectivity index (χ3n) is 19.1. The van der Waals surface area contributed by atoms with Crippen molar-refractivity contribution in [2.45, 2.75) is 386 Å². The molecule has 5 unspecified atom stereocenters. The van der Waals surface area contributed by atoms with Crippen molar-refractivity contribution in [1.82, 2.24) is 0 Å². The maximum absolute atomic E-state index is 13.0. The lowest BCUT2D eigenvalue weighted by atomic mass is 10.0. The molecular weight excluding hydrogens is 1510 g/mol. The van der Waals surface area contributed by atoms with Crippen molar-refractivity contribution in [1.29, 1.82) is 0 Å². The van der Waals surface area contributed by atoms with Gasteiger partial charge in [0.25, 0.3) is 0 Å². The topological polar surface area (TPSA) is 231 Å². The number of hydrogen-bond donors (Lipinski definition) is 4. The Morgan fingerprint density at radius 2 is 0.453 bits per heavy atom. The standard InChI is InChI=1S/C99H166O16P2/c1-4-7-10-13-16-19-22-25-28-31-34-36-38-40-42-44-46-48-50-52-54-56-59-61-64-67-70-73-76-79-82-85-97(102)109-88-94(100)89-111-116(105,106)112-90-95(101)91-113-117(107,108)114-93-96(115-99(104)87-84-81-78-75-72-69-66-63-58-33-30-27-24-21-18-15-12-9-6-3)92-110-98(103)86-83-80-77-74-71-68-65-62-60-57-55-53-51-49-47-45-43-41-39-37-35-32-29-26-23-20-17-14-11-8-5-2/h7,9-10,12,16-21,25-30,34-37,40-43,46,48,58,63,69,72,94-96,100-101H,4-6,8,11,13-15,22-24,31-33,38-39,44-45,47,49-57,59-62,64-68,70-71,73-93H2,1-3H3,(H,105,106)(H,107,108)/b10-7-,12-9-,19-16-,20-17-,21-18-,28-25-,29-26-,30-27-,36-34-,37-35-,42-40-,43-41-,48-46-,63-58-,72-69-. The molecule has 0 saturated heterocycles. The summed E-state index contributed by atoms with van der Waals surface area (Å²) in [6.45, 7) is 2.41. The monoisotopic (exact) mass is 1670 g/mol. The maximum atomic E-state index is 13.0. The van der Waals surface area contributed by atoms with Gasteiger partial charge in [-0.25, -0.2) is 9.13 Å². The van der Waals surface area contributed by atoms with Gasteiger partial charge in [-0.2, -0.15) is 0 Å². The summed E-state index contributed by atoms with van der Waals surface area (Å²) in [6, 6.07) is 0. The summed E-state index contributed by atoms with van der Waals surface area (Å²) >= 11 is 0. The molecule has 18 heteroatoms. The van der Waals surface area contributed by atoms with Gasteiger partial charge in [-0.1, -0.05) is 370 Å².